The lowest BCUT2D eigenvalue weighted by Gasteiger charge is -2.07. The van der Waals surface area contributed by atoms with E-state index in [9.17, 15) is 9.59 Å². The fraction of sp³-hybridized carbons (Fsp3) is 0.800. The van der Waals surface area contributed by atoms with Gasteiger partial charge in [-0.25, -0.2) is 0 Å². The molecule has 0 N–H and O–H groups in total. The molecule has 0 aliphatic carbocycles. The molecular weight excluding hydrogens is 216 g/mol. The molecule has 0 aromatic heterocycles. The van der Waals surface area contributed by atoms with Gasteiger partial charge in [0.05, 0.1) is 13.2 Å². The molecule has 0 saturated carbocycles. The van der Waals surface area contributed by atoms with Gasteiger partial charge in [-0.2, -0.15) is 0 Å². The summed E-state index contributed by atoms with van der Waals surface area (Å²) in [5.41, 5.74) is 0. The smallest absolute Gasteiger partial charge is 0.306 e. The summed E-state index contributed by atoms with van der Waals surface area (Å²) in [5, 5.41) is 0. The standard InChI is InChI=1S/C7H10O4.C3H6O2/c1-5(8)10-4-6-2-3-7(9)11-6;1-2-5-3-4-1/h6H,2-4H2,1H3;1-3H2/t6-;/m0./s1. The largest absolute Gasteiger partial charge is 0.462 e. The summed E-state index contributed by atoms with van der Waals surface area (Å²) < 4.78 is 18.9. The van der Waals surface area contributed by atoms with Crippen molar-refractivity contribution in [1.82, 2.24) is 0 Å². The molecule has 92 valence electrons. The first kappa shape index (κ1) is 12.9. The summed E-state index contributed by atoms with van der Waals surface area (Å²) in [6, 6.07) is 0. The minimum atomic E-state index is -0.340. The van der Waals surface area contributed by atoms with Gasteiger partial charge in [0.25, 0.3) is 0 Å². The second-order valence-electron chi connectivity index (χ2n) is 3.39. The first-order chi connectivity index (χ1) is 7.68. The fourth-order valence-corrected chi connectivity index (χ4v) is 1.20. The molecule has 0 unspecified atom stereocenters. The predicted octanol–water partition coefficient (Wildman–Crippen LogP) is 0.246. The van der Waals surface area contributed by atoms with Crippen LogP contribution in [0, 0.1) is 0 Å². The van der Waals surface area contributed by atoms with Crippen LogP contribution in [0.2, 0.25) is 0 Å². The molecule has 1 atom stereocenters. The van der Waals surface area contributed by atoms with Crippen molar-refractivity contribution in [2.45, 2.75) is 25.9 Å². The van der Waals surface area contributed by atoms with E-state index >= 15 is 0 Å². The van der Waals surface area contributed by atoms with Crippen LogP contribution in [-0.2, 0) is 28.5 Å². The van der Waals surface area contributed by atoms with Gasteiger partial charge in [-0.05, 0) is 6.42 Å². The Morgan fingerprint density at radius 3 is 2.50 bits per heavy atom. The average Bonchev–Trinajstić information content (AvgIpc) is 2.88. The van der Waals surface area contributed by atoms with E-state index in [1.165, 1.54) is 6.92 Å². The molecule has 0 spiro atoms. The Balaban J connectivity index is 0.000000212. The van der Waals surface area contributed by atoms with Crippen LogP contribution < -0.4 is 0 Å². The third-order valence-electron chi connectivity index (χ3n) is 1.98. The van der Waals surface area contributed by atoms with Gasteiger partial charge in [-0.1, -0.05) is 0 Å². The molecule has 6 heteroatoms. The molecule has 2 aliphatic heterocycles. The van der Waals surface area contributed by atoms with Crippen molar-refractivity contribution in [2.75, 3.05) is 26.6 Å². The Bertz CT molecular complexity index is 228. The van der Waals surface area contributed by atoms with E-state index in [0.29, 0.717) is 19.6 Å². The number of hydrogen-bond donors (Lipinski definition) is 0. The molecular formula is C10H16O6. The molecule has 2 saturated heterocycles. The highest BCUT2D eigenvalue weighted by Crippen LogP contribution is 2.13. The Morgan fingerprint density at radius 2 is 2.12 bits per heavy atom. The Morgan fingerprint density at radius 1 is 1.44 bits per heavy atom. The monoisotopic (exact) mass is 232 g/mol. The number of cyclic esters (lactones) is 1. The zero-order chi connectivity index (χ0) is 11.8. The normalized spacial score (nSPS) is 23.3. The van der Waals surface area contributed by atoms with Crippen molar-refractivity contribution >= 4 is 11.9 Å². The summed E-state index contributed by atoms with van der Waals surface area (Å²) >= 11 is 0. The van der Waals surface area contributed by atoms with Crippen LogP contribution in [0.1, 0.15) is 19.8 Å². The van der Waals surface area contributed by atoms with E-state index in [1.54, 1.807) is 0 Å². The lowest BCUT2D eigenvalue weighted by Crippen LogP contribution is -2.16. The molecule has 2 aliphatic rings. The molecule has 0 aromatic carbocycles. The Hall–Kier alpha value is -1.14. The third-order valence-corrected chi connectivity index (χ3v) is 1.98. The maximum atomic E-state index is 10.5. The summed E-state index contributed by atoms with van der Waals surface area (Å²) in [7, 11) is 0. The number of rotatable bonds is 2. The summed E-state index contributed by atoms with van der Waals surface area (Å²) in [6.07, 6.45) is 0.879. The van der Waals surface area contributed by atoms with Crippen LogP contribution >= 0.6 is 0 Å². The third kappa shape index (κ3) is 5.67. The zero-order valence-corrected chi connectivity index (χ0v) is 9.27. The number of hydrogen-bond acceptors (Lipinski definition) is 6. The van der Waals surface area contributed by atoms with Gasteiger partial charge in [0, 0.05) is 13.3 Å². The first-order valence-electron chi connectivity index (χ1n) is 5.17. The van der Waals surface area contributed by atoms with Gasteiger partial charge >= 0.3 is 11.9 Å². The molecule has 2 rings (SSSR count). The second-order valence-corrected chi connectivity index (χ2v) is 3.39. The van der Waals surface area contributed by atoms with Crippen molar-refractivity contribution in [3.8, 4) is 0 Å². The van der Waals surface area contributed by atoms with Crippen molar-refractivity contribution in [3.05, 3.63) is 0 Å². The highest BCUT2D eigenvalue weighted by Gasteiger charge is 2.23. The number of ether oxygens (including phenoxy) is 4. The number of esters is 2. The number of carbonyl (C=O) groups is 2. The van der Waals surface area contributed by atoms with E-state index < -0.39 is 0 Å². The Kier molecular flexibility index (Phi) is 5.81. The molecule has 0 radical (unpaired) electrons. The van der Waals surface area contributed by atoms with Crippen LogP contribution in [0.4, 0.5) is 0 Å². The fourth-order valence-electron chi connectivity index (χ4n) is 1.20. The minimum absolute atomic E-state index is 0.196. The van der Waals surface area contributed by atoms with Gasteiger partial charge in [0.1, 0.15) is 19.5 Å². The minimum Gasteiger partial charge on any atom is -0.462 e. The first-order valence-corrected chi connectivity index (χ1v) is 5.17. The maximum absolute atomic E-state index is 10.5. The van der Waals surface area contributed by atoms with Crippen molar-refractivity contribution < 1.29 is 28.5 Å². The summed E-state index contributed by atoms with van der Waals surface area (Å²) in [5.74, 6) is -0.546. The lowest BCUT2D eigenvalue weighted by atomic mass is 10.2. The topological polar surface area (TPSA) is 71.1 Å². The molecule has 0 bridgehead atoms. The van der Waals surface area contributed by atoms with Crippen molar-refractivity contribution in [3.63, 3.8) is 0 Å². The second kappa shape index (κ2) is 7.19. The van der Waals surface area contributed by atoms with Crippen molar-refractivity contribution in [2.24, 2.45) is 0 Å². The zero-order valence-electron chi connectivity index (χ0n) is 9.27. The van der Waals surface area contributed by atoms with E-state index in [2.05, 4.69) is 4.74 Å². The lowest BCUT2D eigenvalue weighted by molar-refractivity contribution is -0.151. The van der Waals surface area contributed by atoms with Crippen LogP contribution in [0.15, 0.2) is 0 Å². The van der Waals surface area contributed by atoms with E-state index in [4.69, 9.17) is 14.2 Å². The molecule has 2 fully saturated rings. The predicted molar refractivity (Wildman–Crippen MR) is 52.5 cm³/mol. The molecule has 6 nitrogen and oxygen atoms in total. The van der Waals surface area contributed by atoms with E-state index in [0.717, 1.165) is 13.2 Å². The highest BCUT2D eigenvalue weighted by molar-refractivity contribution is 5.71. The quantitative estimate of drug-likeness (QED) is 0.635. The molecule has 0 aromatic rings. The van der Waals surface area contributed by atoms with Crippen molar-refractivity contribution in [1.29, 1.82) is 0 Å². The van der Waals surface area contributed by atoms with E-state index in [1.807, 2.05) is 0 Å². The average molecular weight is 232 g/mol. The van der Waals surface area contributed by atoms with Gasteiger partial charge in [-0.3, -0.25) is 9.59 Å². The maximum Gasteiger partial charge on any atom is 0.306 e. The van der Waals surface area contributed by atoms with Gasteiger partial charge in [-0.15, -0.1) is 0 Å². The van der Waals surface area contributed by atoms with Crippen LogP contribution in [0.25, 0.3) is 0 Å². The number of carbonyl (C=O) groups excluding carboxylic acids is 2. The molecule has 2 heterocycles. The van der Waals surface area contributed by atoms with E-state index in [-0.39, 0.29) is 24.6 Å². The van der Waals surface area contributed by atoms with Gasteiger partial charge in [0.15, 0.2) is 0 Å². The molecule has 0 amide bonds. The summed E-state index contributed by atoms with van der Waals surface area (Å²) in [4.78, 5) is 20.9. The van der Waals surface area contributed by atoms with Gasteiger partial charge in [0.2, 0.25) is 0 Å². The van der Waals surface area contributed by atoms with Gasteiger partial charge < -0.3 is 18.9 Å². The summed E-state index contributed by atoms with van der Waals surface area (Å²) in [6.45, 7) is 3.58. The SMILES string of the molecule is C1COCO1.CC(=O)OC[C@@H]1CCC(=O)O1. The molecule has 16 heavy (non-hydrogen) atoms. The highest BCUT2D eigenvalue weighted by atomic mass is 16.7. The van der Waals surface area contributed by atoms with Crippen LogP contribution in [0.5, 0.6) is 0 Å². The van der Waals surface area contributed by atoms with Crippen LogP contribution in [0.3, 0.4) is 0 Å². The Labute approximate surface area is 93.8 Å². The van der Waals surface area contributed by atoms with Crippen LogP contribution in [-0.4, -0.2) is 44.7 Å².